The first-order chi connectivity index (χ1) is 9.46. The summed E-state index contributed by atoms with van der Waals surface area (Å²) in [5.41, 5.74) is 1.19. The maximum Gasteiger partial charge on any atom is 0.146 e. The number of hydrogen-bond acceptors (Lipinski definition) is 3. The number of hydrogen-bond donors (Lipinski definition) is 1. The third kappa shape index (κ3) is 3.40. The lowest BCUT2D eigenvalue weighted by Crippen LogP contribution is -2.29. The lowest BCUT2D eigenvalue weighted by atomic mass is 9.85. The molecule has 0 bridgehead atoms. The summed E-state index contributed by atoms with van der Waals surface area (Å²) < 4.78 is 10.5. The second-order valence-corrected chi connectivity index (χ2v) is 6.77. The summed E-state index contributed by atoms with van der Waals surface area (Å²) in [6.45, 7) is 7.23. The molecule has 0 aliphatic heterocycles. The van der Waals surface area contributed by atoms with Gasteiger partial charge in [-0.3, -0.25) is 0 Å². The van der Waals surface area contributed by atoms with Gasteiger partial charge in [0.2, 0.25) is 0 Å². The molecule has 3 heteroatoms. The second-order valence-electron chi connectivity index (χ2n) is 6.77. The van der Waals surface area contributed by atoms with Crippen LogP contribution in [0.25, 0.3) is 0 Å². The summed E-state index contributed by atoms with van der Waals surface area (Å²) in [5.74, 6) is 1.04. The van der Waals surface area contributed by atoms with Crippen LogP contribution in [0, 0.1) is 17.3 Å². The van der Waals surface area contributed by atoms with Gasteiger partial charge in [0.05, 0.1) is 12.7 Å². The molecule has 4 atom stereocenters. The Bertz CT molecular complexity index is 410. The highest BCUT2D eigenvalue weighted by atomic mass is 16.7. The number of methoxy groups -OCH3 is 1. The molecule has 1 aliphatic carbocycles. The van der Waals surface area contributed by atoms with E-state index in [-0.39, 0.29) is 17.4 Å². The van der Waals surface area contributed by atoms with Crippen molar-refractivity contribution in [3.8, 4) is 0 Å². The molecule has 0 amide bonds. The zero-order valence-electron chi connectivity index (χ0n) is 12.9. The van der Waals surface area contributed by atoms with E-state index in [0.717, 1.165) is 0 Å². The highest BCUT2D eigenvalue weighted by Crippen LogP contribution is 2.58. The van der Waals surface area contributed by atoms with Crippen molar-refractivity contribution in [3.63, 3.8) is 0 Å². The number of ether oxygens (including phenoxy) is 2. The quantitative estimate of drug-likeness (QED) is 0.642. The standard InChI is InChI=1S/C17H26O3/c1-17(2,3)16(18)15-13(10-20-11-19-4)14(15)12-8-6-5-7-9-12/h5-9,13-16,18H,10-11H2,1-4H3/t13-,14-,15-,16?/m0/s1. The summed E-state index contributed by atoms with van der Waals surface area (Å²) in [5, 5.41) is 10.6. The highest BCUT2D eigenvalue weighted by Gasteiger charge is 2.56. The van der Waals surface area contributed by atoms with E-state index in [0.29, 0.717) is 25.2 Å². The third-order valence-electron chi connectivity index (χ3n) is 4.18. The molecule has 1 saturated carbocycles. The molecule has 20 heavy (non-hydrogen) atoms. The van der Waals surface area contributed by atoms with E-state index >= 15 is 0 Å². The average Bonchev–Trinajstić information content (AvgIpc) is 3.12. The van der Waals surface area contributed by atoms with Crippen LogP contribution in [0.3, 0.4) is 0 Å². The monoisotopic (exact) mass is 278 g/mol. The summed E-state index contributed by atoms with van der Waals surface area (Å²) in [6, 6.07) is 10.4. The minimum Gasteiger partial charge on any atom is -0.392 e. The van der Waals surface area contributed by atoms with Crippen molar-refractivity contribution < 1.29 is 14.6 Å². The smallest absolute Gasteiger partial charge is 0.146 e. The number of aliphatic hydroxyl groups excluding tert-OH is 1. The molecule has 1 fully saturated rings. The summed E-state index contributed by atoms with van der Waals surface area (Å²) in [4.78, 5) is 0. The van der Waals surface area contributed by atoms with Gasteiger partial charge in [-0.25, -0.2) is 0 Å². The summed E-state index contributed by atoms with van der Waals surface area (Å²) in [7, 11) is 1.63. The second kappa shape index (κ2) is 6.25. The number of aliphatic hydroxyl groups is 1. The lowest BCUT2D eigenvalue weighted by molar-refractivity contribution is -0.0403. The van der Waals surface area contributed by atoms with Gasteiger partial charge >= 0.3 is 0 Å². The van der Waals surface area contributed by atoms with Gasteiger partial charge in [-0.05, 0) is 28.7 Å². The molecule has 112 valence electrons. The molecular formula is C17H26O3. The van der Waals surface area contributed by atoms with Gasteiger partial charge in [-0.1, -0.05) is 51.1 Å². The Balaban J connectivity index is 2.08. The highest BCUT2D eigenvalue weighted by molar-refractivity contribution is 5.29. The van der Waals surface area contributed by atoms with Crippen molar-refractivity contribution in [2.45, 2.75) is 32.8 Å². The summed E-state index contributed by atoms with van der Waals surface area (Å²) >= 11 is 0. The molecule has 1 aromatic rings. The molecule has 0 saturated heterocycles. The van der Waals surface area contributed by atoms with Crippen molar-refractivity contribution in [2.24, 2.45) is 17.3 Å². The Labute approximate surface area is 121 Å². The van der Waals surface area contributed by atoms with Gasteiger partial charge in [-0.15, -0.1) is 0 Å². The van der Waals surface area contributed by atoms with Crippen molar-refractivity contribution in [2.75, 3.05) is 20.5 Å². The largest absolute Gasteiger partial charge is 0.392 e. The lowest BCUT2D eigenvalue weighted by Gasteiger charge is -2.26. The molecule has 1 N–H and O–H groups in total. The van der Waals surface area contributed by atoms with Crippen LogP contribution in [-0.4, -0.2) is 31.7 Å². The van der Waals surface area contributed by atoms with Gasteiger partial charge in [0.25, 0.3) is 0 Å². The first-order valence-corrected chi connectivity index (χ1v) is 7.26. The first-order valence-electron chi connectivity index (χ1n) is 7.26. The first kappa shape index (κ1) is 15.5. The summed E-state index contributed by atoms with van der Waals surface area (Å²) in [6.07, 6.45) is -0.316. The zero-order chi connectivity index (χ0) is 14.8. The van der Waals surface area contributed by atoms with Crippen LogP contribution >= 0.6 is 0 Å². The number of benzene rings is 1. The van der Waals surface area contributed by atoms with Gasteiger partial charge in [0.15, 0.2) is 0 Å². The normalized spacial score (nSPS) is 27.4. The Morgan fingerprint density at radius 2 is 1.85 bits per heavy atom. The SMILES string of the molecule is COCOC[C@H]1[C@H](c2ccccc2)[C@H]1C(O)C(C)(C)C. The van der Waals surface area contributed by atoms with Crippen LogP contribution in [0.5, 0.6) is 0 Å². The van der Waals surface area contributed by atoms with Crippen molar-refractivity contribution in [1.29, 1.82) is 0 Å². The van der Waals surface area contributed by atoms with E-state index in [1.54, 1.807) is 7.11 Å². The predicted octanol–water partition coefficient (Wildman–Crippen LogP) is 3.04. The van der Waals surface area contributed by atoms with Crippen molar-refractivity contribution in [3.05, 3.63) is 35.9 Å². The molecule has 0 spiro atoms. The van der Waals surface area contributed by atoms with Crippen LogP contribution in [-0.2, 0) is 9.47 Å². The molecule has 1 aromatic carbocycles. The molecule has 0 radical (unpaired) electrons. The molecule has 0 heterocycles. The van der Waals surface area contributed by atoms with Crippen molar-refractivity contribution in [1.82, 2.24) is 0 Å². The predicted molar refractivity (Wildman–Crippen MR) is 79.5 cm³/mol. The minimum atomic E-state index is -0.316. The fourth-order valence-corrected chi connectivity index (χ4v) is 3.04. The van der Waals surface area contributed by atoms with Crippen LogP contribution in [0.2, 0.25) is 0 Å². The Morgan fingerprint density at radius 1 is 1.20 bits per heavy atom. The molecule has 3 nitrogen and oxygen atoms in total. The van der Waals surface area contributed by atoms with Crippen LogP contribution < -0.4 is 0 Å². The van der Waals surface area contributed by atoms with E-state index in [9.17, 15) is 5.11 Å². The van der Waals surface area contributed by atoms with Crippen LogP contribution in [0.15, 0.2) is 30.3 Å². The Kier molecular flexibility index (Phi) is 4.84. The van der Waals surface area contributed by atoms with Gasteiger partial charge < -0.3 is 14.6 Å². The van der Waals surface area contributed by atoms with E-state index < -0.39 is 0 Å². The molecule has 0 aromatic heterocycles. The topological polar surface area (TPSA) is 38.7 Å². The Hall–Kier alpha value is -0.900. The average molecular weight is 278 g/mol. The zero-order valence-corrected chi connectivity index (χ0v) is 12.9. The molecule has 1 unspecified atom stereocenters. The Morgan fingerprint density at radius 3 is 2.40 bits per heavy atom. The molecule has 1 aliphatic rings. The van der Waals surface area contributed by atoms with E-state index in [2.05, 4.69) is 45.0 Å². The maximum atomic E-state index is 10.6. The fraction of sp³-hybridized carbons (Fsp3) is 0.647. The van der Waals surface area contributed by atoms with Crippen LogP contribution in [0.4, 0.5) is 0 Å². The molecular weight excluding hydrogens is 252 g/mol. The number of rotatable bonds is 6. The molecule has 2 rings (SSSR count). The maximum absolute atomic E-state index is 10.6. The van der Waals surface area contributed by atoms with Crippen LogP contribution in [0.1, 0.15) is 32.3 Å². The van der Waals surface area contributed by atoms with Gasteiger partial charge in [-0.2, -0.15) is 0 Å². The minimum absolute atomic E-state index is 0.103. The van der Waals surface area contributed by atoms with E-state index in [1.807, 2.05) is 6.07 Å². The fourth-order valence-electron chi connectivity index (χ4n) is 3.04. The third-order valence-corrected chi connectivity index (χ3v) is 4.18. The van der Waals surface area contributed by atoms with Gasteiger partial charge in [0, 0.05) is 7.11 Å². The van der Waals surface area contributed by atoms with Gasteiger partial charge in [0.1, 0.15) is 6.79 Å². The van der Waals surface area contributed by atoms with Crippen molar-refractivity contribution >= 4 is 0 Å². The van der Waals surface area contributed by atoms with E-state index in [4.69, 9.17) is 9.47 Å². The van der Waals surface area contributed by atoms with E-state index in [1.165, 1.54) is 5.56 Å².